The van der Waals surface area contributed by atoms with Gasteiger partial charge in [0.25, 0.3) is 5.91 Å². The molecule has 10 heavy (non-hydrogen) atoms. The van der Waals surface area contributed by atoms with Crippen molar-refractivity contribution >= 4 is 5.91 Å². The lowest BCUT2D eigenvalue weighted by molar-refractivity contribution is -0.114. The first-order valence-corrected chi connectivity index (χ1v) is 2.23. The van der Waals surface area contributed by atoms with Gasteiger partial charge in [-0.3, -0.25) is 4.79 Å². The SMILES string of the molecule is N#C/C(N)=C(\C#N)C(N)=O. The van der Waals surface area contributed by atoms with Gasteiger partial charge in [-0.05, 0) is 0 Å². The van der Waals surface area contributed by atoms with Crippen LogP contribution in [-0.4, -0.2) is 5.91 Å². The van der Waals surface area contributed by atoms with E-state index >= 15 is 0 Å². The molecule has 0 aliphatic heterocycles. The molecule has 5 heteroatoms. The topological polar surface area (TPSA) is 117 Å². The summed E-state index contributed by atoms with van der Waals surface area (Å²) in [6.07, 6.45) is 0. The van der Waals surface area contributed by atoms with Gasteiger partial charge in [-0.15, -0.1) is 0 Å². The first kappa shape index (κ1) is 7.99. The molecule has 0 saturated carbocycles. The second-order valence-electron chi connectivity index (χ2n) is 1.38. The summed E-state index contributed by atoms with van der Waals surface area (Å²) in [5, 5.41) is 16.3. The smallest absolute Gasteiger partial charge is 0.262 e. The predicted molar refractivity (Wildman–Crippen MR) is 31.6 cm³/mol. The fraction of sp³-hybridized carbons (Fsp3) is 0. The van der Waals surface area contributed by atoms with Gasteiger partial charge < -0.3 is 11.5 Å². The lowest BCUT2D eigenvalue weighted by atomic mass is 10.2. The summed E-state index contributed by atoms with van der Waals surface area (Å²) < 4.78 is 0. The summed E-state index contributed by atoms with van der Waals surface area (Å²) in [4.78, 5) is 10.2. The van der Waals surface area contributed by atoms with Crippen molar-refractivity contribution < 1.29 is 4.79 Å². The predicted octanol–water partition coefficient (Wildman–Crippen LogP) is -1.27. The molecule has 50 valence electrons. The van der Waals surface area contributed by atoms with E-state index in [0.717, 1.165) is 0 Å². The Labute approximate surface area is 57.1 Å². The zero-order valence-electron chi connectivity index (χ0n) is 4.96. The van der Waals surface area contributed by atoms with Crippen molar-refractivity contribution in [2.45, 2.75) is 0 Å². The Morgan fingerprint density at radius 1 is 1.20 bits per heavy atom. The molecule has 5 nitrogen and oxygen atoms in total. The van der Waals surface area contributed by atoms with Crippen molar-refractivity contribution in [3.8, 4) is 12.1 Å². The molecule has 0 aliphatic rings. The Hall–Kier alpha value is -2.01. The van der Waals surface area contributed by atoms with Gasteiger partial charge >= 0.3 is 0 Å². The highest BCUT2D eigenvalue weighted by Crippen LogP contribution is 1.93. The number of allylic oxidation sites excluding steroid dienone is 1. The number of primary amides is 1. The normalized spacial score (nSPS) is 10.6. The molecule has 0 bridgehead atoms. The fourth-order valence-electron chi connectivity index (χ4n) is 0.304. The van der Waals surface area contributed by atoms with Crippen LogP contribution in [0, 0.1) is 22.7 Å². The van der Waals surface area contributed by atoms with Crippen molar-refractivity contribution in [1.29, 1.82) is 10.5 Å². The minimum Gasteiger partial charge on any atom is -0.389 e. The van der Waals surface area contributed by atoms with Gasteiger partial charge in [0.1, 0.15) is 17.8 Å². The van der Waals surface area contributed by atoms with E-state index in [1.807, 2.05) is 0 Å². The Bertz CT molecular complexity index is 264. The molecule has 1 amide bonds. The molecule has 0 unspecified atom stereocenters. The lowest BCUT2D eigenvalue weighted by Crippen LogP contribution is -2.17. The van der Waals surface area contributed by atoms with Gasteiger partial charge in [0.15, 0.2) is 5.57 Å². The average molecular weight is 136 g/mol. The van der Waals surface area contributed by atoms with E-state index in [0.29, 0.717) is 0 Å². The standard InChI is InChI=1S/C5H4N4O/c6-1-3(5(9)10)4(8)2-7/h8H2,(H2,9,10)/b4-3-. The van der Waals surface area contributed by atoms with Crippen molar-refractivity contribution in [2.24, 2.45) is 11.5 Å². The van der Waals surface area contributed by atoms with Crippen molar-refractivity contribution in [3.05, 3.63) is 11.3 Å². The molecule has 0 rings (SSSR count). The summed E-state index contributed by atoms with van der Waals surface area (Å²) in [5.41, 5.74) is 8.65. The Kier molecular flexibility index (Phi) is 2.48. The summed E-state index contributed by atoms with van der Waals surface area (Å²) in [6, 6.07) is 2.84. The molecule has 0 heterocycles. The number of nitrogens with zero attached hydrogens (tertiary/aromatic N) is 2. The molecule has 0 saturated heterocycles. The van der Waals surface area contributed by atoms with Gasteiger partial charge in [-0.25, -0.2) is 0 Å². The summed E-state index contributed by atoms with van der Waals surface area (Å²) in [6.45, 7) is 0. The highest BCUT2D eigenvalue weighted by atomic mass is 16.1. The van der Waals surface area contributed by atoms with Gasteiger partial charge in [0.05, 0.1) is 0 Å². The van der Waals surface area contributed by atoms with Gasteiger partial charge in [-0.2, -0.15) is 10.5 Å². The number of hydrogen-bond acceptors (Lipinski definition) is 4. The van der Waals surface area contributed by atoms with Crippen LogP contribution in [0.3, 0.4) is 0 Å². The van der Waals surface area contributed by atoms with Crippen LogP contribution < -0.4 is 11.5 Å². The summed E-state index contributed by atoms with van der Waals surface area (Å²) in [7, 11) is 0. The van der Waals surface area contributed by atoms with Gasteiger partial charge in [0.2, 0.25) is 0 Å². The maximum absolute atomic E-state index is 10.2. The molecular weight excluding hydrogens is 132 g/mol. The molecule has 4 N–H and O–H groups in total. The fourth-order valence-corrected chi connectivity index (χ4v) is 0.304. The average Bonchev–Trinajstić information content (AvgIpc) is 1.88. The van der Waals surface area contributed by atoms with E-state index in [2.05, 4.69) is 5.73 Å². The highest BCUT2D eigenvalue weighted by Gasteiger charge is 2.07. The second kappa shape index (κ2) is 3.10. The third-order valence-corrected chi connectivity index (χ3v) is 0.748. The van der Waals surface area contributed by atoms with E-state index in [9.17, 15) is 4.79 Å². The number of nitrogens with two attached hydrogens (primary N) is 2. The van der Waals surface area contributed by atoms with E-state index < -0.39 is 17.2 Å². The van der Waals surface area contributed by atoms with Crippen LogP contribution in [0.25, 0.3) is 0 Å². The maximum atomic E-state index is 10.2. The van der Waals surface area contributed by atoms with Crippen LogP contribution in [0.5, 0.6) is 0 Å². The number of hydrogen-bond donors (Lipinski definition) is 2. The van der Waals surface area contributed by atoms with Crippen molar-refractivity contribution in [3.63, 3.8) is 0 Å². The summed E-state index contributed by atoms with van der Waals surface area (Å²) >= 11 is 0. The molecular formula is C5H4N4O. The zero-order valence-corrected chi connectivity index (χ0v) is 4.96. The van der Waals surface area contributed by atoms with Crippen LogP contribution in [0.4, 0.5) is 0 Å². The molecule has 0 aromatic carbocycles. The molecule has 0 aliphatic carbocycles. The van der Waals surface area contributed by atoms with Crippen LogP contribution in [0.2, 0.25) is 0 Å². The van der Waals surface area contributed by atoms with Crippen LogP contribution >= 0.6 is 0 Å². The van der Waals surface area contributed by atoms with Crippen molar-refractivity contribution in [1.82, 2.24) is 0 Å². The number of amides is 1. The molecule has 0 radical (unpaired) electrons. The minimum absolute atomic E-state index is 0.449. The van der Waals surface area contributed by atoms with E-state index in [-0.39, 0.29) is 0 Å². The largest absolute Gasteiger partial charge is 0.389 e. The highest BCUT2D eigenvalue weighted by molar-refractivity contribution is 5.97. The third kappa shape index (κ3) is 1.49. The first-order valence-electron chi connectivity index (χ1n) is 2.23. The van der Waals surface area contributed by atoms with Crippen LogP contribution in [-0.2, 0) is 4.79 Å². The third-order valence-electron chi connectivity index (χ3n) is 0.748. The Morgan fingerprint density at radius 3 is 1.80 bits per heavy atom. The number of carbonyl (C=O) groups excluding carboxylic acids is 1. The van der Waals surface area contributed by atoms with E-state index in [1.54, 1.807) is 0 Å². The number of nitriles is 2. The van der Waals surface area contributed by atoms with Crippen LogP contribution in [0.15, 0.2) is 11.3 Å². The second-order valence-corrected chi connectivity index (χ2v) is 1.38. The van der Waals surface area contributed by atoms with Crippen LogP contribution in [0.1, 0.15) is 0 Å². The molecule has 0 aromatic heterocycles. The van der Waals surface area contributed by atoms with Gasteiger partial charge in [0, 0.05) is 0 Å². The summed E-state index contributed by atoms with van der Waals surface area (Å²) in [5.74, 6) is -0.985. The quantitative estimate of drug-likeness (QED) is 0.345. The molecule has 0 atom stereocenters. The lowest BCUT2D eigenvalue weighted by Gasteiger charge is -1.88. The molecule has 0 fully saturated rings. The van der Waals surface area contributed by atoms with E-state index in [1.165, 1.54) is 12.1 Å². The van der Waals surface area contributed by atoms with Crippen molar-refractivity contribution in [2.75, 3.05) is 0 Å². The maximum Gasteiger partial charge on any atom is 0.262 e. The monoisotopic (exact) mass is 136 g/mol. The Morgan fingerprint density at radius 2 is 1.70 bits per heavy atom. The molecule has 0 spiro atoms. The minimum atomic E-state index is -0.985. The number of rotatable bonds is 1. The number of carbonyl (C=O) groups is 1. The van der Waals surface area contributed by atoms with Gasteiger partial charge in [-0.1, -0.05) is 0 Å². The molecule has 0 aromatic rings. The Balaban J connectivity index is 4.92. The van der Waals surface area contributed by atoms with E-state index in [4.69, 9.17) is 16.3 Å². The first-order chi connectivity index (χ1) is 4.63. The zero-order chi connectivity index (χ0) is 8.15.